The Labute approximate surface area is 228 Å². The Hall–Kier alpha value is -5.48. The van der Waals surface area contributed by atoms with Gasteiger partial charge in [-0.1, -0.05) is 78.9 Å². The van der Waals surface area contributed by atoms with E-state index in [0.29, 0.717) is 5.95 Å². The third-order valence-electron chi connectivity index (χ3n) is 8.54. The van der Waals surface area contributed by atoms with Crippen LogP contribution >= 0.6 is 0 Å². The molecule has 9 aromatic rings. The summed E-state index contributed by atoms with van der Waals surface area (Å²) in [6.45, 7) is 0. The standard InChI is InChI=1S/C36H19N3O/c1-2-9-21-20(8-1)18-19-23-22-11-5-14-27-32(22)33-25(31(21)23)12-6-15-28(33)39(27)36-37-26-13-7-17-30-34(26)35(38-36)24-10-3-4-16-29(24)40-30/h1-19H. The second kappa shape index (κ2) is 7.13. The van der Waals surface area contributed by atoms with Crippen LogP contribution in [0.25, 0.3) is 82.2 Å². The number of benzene rings is 7. The summed E-state index contributed by atoms with van der Waals surface area (Å²) < 4.78 is 8.49. The quantitative estimate of drug-likeness (QED) is 0.207. The van der Waals surface area contributed by atoms with Crippen molar-refractivity contribution in [2.75, 3.05) is 0 Å². The Morgan fingerprint density at radius 2 is 1.18 bits per heavy atom. The lowest BCUT2D eigenvalue weighted by molar-refractivity contribution is 0.486. The number of aromatic nitrogens is 3. The van der Waals surface area contributed by atoms with Gasteiger partial charge < -0.3 is 4.74 Å². The van der Waals surface area contributed by atoms with Gasteiger partial charge in [-0.25, -0.2) is 9.97 Å². The molecule has 1 aliphatic heterocycles. The van der Waals surface area contributed by atoms with Gasteiger partial charge in [0.2, 0.25) is 5.95 Å². The molecule has 0 saturated heterocycles. The van der Waals surface area contributed by atoms with Crippen LogP contribution in [0, 0.1) is 0 Å². The van der Waals surface area contributed by atoms with Gasteiger partial charge in [-0.2, -0.15) is 0 Å². The predicted octanol–water partition coefficient (Wildman–Crippen LogP) is 9.40. The molecule has 0 aliphatic carbocycles. The first-order valence-electron chi connectivity index (χ1n) is 13.5. The fraction of sp³-hybridized carbons (Fsp3) is 0. The van der Waals surface area contributed by atoms with Gasteiger partial charge in [0, 0.05) is 16.3 Å². The highest BCUT2D eigenvalue weighted by molar-refractivity contribution is 6.37. The normalized spacial score (nSPS) is 12.7. The van der Waals surface area contributed by atoms with E-state index >= 15 is 0 Å². The van der Waals surface area contributed by atoms with E-state index in [4.69, 9.17) is 14.7 Å². The first kappa shape index (κ1) is 20.5. The zero-order chi connectivity index (χ0) is 25.9. The Morgan fingerprint density at radius 3 is 2.10 bits per heavy atom. The zero-order valence-corrected chi connectivity index (χ0v) is 21.2. The molecule has 0 saturated carbocycles. The molecular weight excluding hydrogens is 490 g/mol. The van der Waals surface area contributed by atoms with Crippen molar-refractivity contribution in [3.8, 4) is 28.7 Å². The van der Waals surface area contributed by atoms with Gasteiger partial charge in [-0.15, -0.1) is 0 Å². The Kier molecular flexibility index (Phi) is 3.65. The van der Waals surface area contributed by atoms with Gasteiger partial charge in [0.15, 0.2) is 0 Å². The zero-order valence-electron chi connectivity index (χ0n) is 21.2. The molecule has 7 aromatic carbocycles. The van der Waals surface area contributed by atoms with Gasteiger partial charge >= 0.3 is 0 Å². The molecule has 0 spiro atoms. The van der Waals surface area contributed by atoms with Gasteiger partial charge in [-0.05, 0) is 68.7 Å². The van der Waals surface area contributed by atoms with Gasteiger partial charge in [0.25, 0.3) is 0 Å². The second-order valence-corrected chi connectivity index (χ2v) is 10.6. The summed E-state index contributed by atoms with van der Waals surface area (Å²) in [5.74, 6) is 2.28. The molecule has 0 unspecified atom stereocenters. The van der Waals surface area contributed by atoms with E-state index in [2.05, 4.69) is 89.5 Å². The van der Waals surface area contributed by atoms with E-state index in [1.54, 1.807) is 0 Å². The van der Waals surface area contributed by atoms with E-state index in [-0.39, 0.29) is 0 Å². The average Bonchev–Trinajstić information content (AvgIpc) is 3.35. The Balaban J connectivity index is 1.41. The van der Waals surface area contributed by atoms with Crippen LogP contribution in [0.1, 0.15) is 0 Å². The Morgan fingerprint density at radius 1 is 0.475 bits per heavy atom. The van der Waals surface area contributed by atoms with E-state index in [1.807, 2.05) is 30.3 Å². The topological polar surface area (TPSA) is 39.9 Å². The molecule has 4 heteroatoms. The summed E-state index contributed by atoms with van der Waals surface area (Å²) in [7, 11) is 0. The fourth-order valence-corrected chi connectivity index (χ4v) is 6.93. The fourth-order valence-electron chi connectivity index (χ4n) is 6.93. The van der Waals surface area contributed by atoms with Crippen molar-refractivity contribution < 1.29 is 4.74 Å². The average molecular weight is 510 g/mol. The van der Waals surface area contributed by atoms with E-state index < -0.39 is 0 Å². The smallest absolute Gasteiger partial charge is 0.235 e. The number of ether oxygens (including phenoxy) is 1. The summed E-state index contributed by atoms with van der Waals surface area (Å²) in [6.07, 6.45) is 0. The van der Waals surface area contributed by atoms with E-state index in [0.717, 1.165) is 44.7 Å². The van der Waals surface area contributed by atoms with Crippen LogP contribution < -0.4 is 4.74 Å². The lowest BCUT2D eigenvalue weighted by Crippen LogP contribution is -2.06. The minimum Gasteiger partial charge on any atom is -0.456 e. The van der Waals surface area contributed by atoms with E-state index in [1.165, 1.54) is 43.1 Å². The van der Waals surface area contributed by atoms with Crippen LogP contribution in [0.5, 0.6) is 11.5 Å². The third kappa shape index (κ3) is 2.42. The van der Waals surface area contributed by atoms with Crippen molar-refractivity contribution in [2.24, 2.45) is 0 Å². The van der Waals surface area contributed by atoms with Crippen LogP contribution in [-0.4, -0.2) is 14.5 Å². The van der Waals surface area contributed by atoms with Gasteiger partial charge in [0.05, 0.1) is 27.6 Å². The molecule has 3 heterocycles. The van der Waals surface area contributed by atoms with Gasteiger partial charge in [0.1, 0.15) is 11.5 Å². The SMILES string of the molecule is c1ccc2c(c1)Oc1cccc3nc(-n4c5cccc6c7ccc8ccccc8c7c7cccc4c7c65)nc-2c13. The second-order valence-electron chi connectivity index (χ2n) is 10.6. The Bertz CT molecular complexity index is 2520. The molecular formula is C36H19N3O. The highest BCUT2D eigenvalue weighted by Gasteiger charge is 2.25. The molecule has 184 valence electrons. The monoisotopic (exact) mass is 509 g/mol. The van der Waals surface area contributed by atoms with Gasteiger partial charge in [-0.3, -0.25) is 4.57 Å². The molecule has 4 nitrogen and oxygen atoms in total. The maximum Gasteiger partial charge on any atom is 0.235 e. The number of hydrogen-bond acceptors (Lipinski definition) is 3. The van der Waals surface area contributed by atoms with Crippen molar-refractivity contribution in [3.05, 3.63) is 115 Å². The van der Waals surface area contributed by atoms with Crippen molar-refractivity contribution in [2.45, 2.75) is 0 Å². The minimum absolute atomic E-state index is 0.668. The number of fused-ring (bicyclic) bond motifs is 7. The predicted molar refractivity (Wildman–Crippen MR) is 163 cm³/mol. The van der Waals surface area contributed by atoms with Crippen LogP contribution in [0.15, 0.2) is 115 Å². The molecule has 2 aromatic heterocycles. The number of nitrogens with zero attached hydrogens (tertiary/aromatic N) is 3. The highest BCUT2D eigenvalue weighted by Crippen LogP contribution is 2.47. The molecule has 0 radical (unpaired) electrons. The molecule has 0 N–H and O–H groups in total. The molecule has 0 bridgehead atoms. The largest absolute Gasteiger partial charge is 0.456 e. The first-order chi connectivity index (χ1) is 19.8. The summed E-state index contributed by atoms with van der Waals surface area (Å²) in [5.41, 5.74) is 4.99. The molecule has 0 atom stereocenters. The highest BCUT2D eigenvalue weighted by atomic mass is 16.5. The summed E-state index contributed by atoms with van der Waals surface area (Å²) >= 11 is 0. The minimum atomic E-state index is 0.668. The first-order valence-corrected chi connectivity index (χ1v) is 13.5. The molecule has 0 amide bonds. The van der Waals surface area contributed by atoms with E-state index in [9.17, 15) is 0 Å². The number of rotatable bonds is 1. The van der Waals surface area contributed by atoms with Crippen LogP contribution in [-0.2, 0) is 0 Å². The van der Waals surface area contributed by atoms with Crippen molar-refractivity contribution in [1.82, 2.24) is 14.5 Å². The summed E-state index contributed by atoms with van der Waals surface area (Å²) in [5, 5.41) is 11.1. The lowest BCUT2D eigenvalue weighted by Gasteiger charge is -2.20. The third-order valence-corrected chi connectivity index (χ3v) is 8.54. The number of para-hydroxylation sites is 1. The maximum atomic E-state index is 6.24. The molecule has 1 aliphatic rings. The van der Waals surface area contributed by atoms with Crippen LogP contribution in [0.2, 0.25) is 0 Å². The van der Waals surface area contributed by atoms with Crippen LogP contribution in [0.4, 0.5) is 0 Å². The molecule has 0 fully saturated rings. The maximum absolute atomic E-state index is 6.24. The number of hydrogen-bond donors (Lipinski definition) is 0. The van der Waals surface area contributed by atoms with Crippen molar-refractivity contribution in [3.63, 3.8) is 0 Å². The molecule has 10 rings (SSSR count). The lowest BCUT2D eigenvalue weighted by atomic mass is 9.91. The van der Waals surface area contributed by atoms with Crippen LogP contribution in [0.3, 0.4) is 0 Å². The van der Waals surface area contributed by atoms with Crippen molar-refractivity contribution >= 4 is 65.0 Å². The summed E-state index contributed by atoms with van der Waals surface area (Å²) in [6, 6.07) is 40.6. The van der Waals surface area contributed by atoms with Crippen molar-refractivity contribution in [1.29, 1.82) is 0 Å². The molecule has 40 heavy (non-hydrogen) atoms. The summed E-state index contributed by atoms with van der Waals surface area (Å²) in [4.78, 5) is 10.4.